The van der Waals surface area contributed by atoms with Gasteiger partial charge in [0.2, 0.25) is 0 Å². The first-order valence-corrected chi connectivity index (χ1v) is 12.1. The Balaban J connectivity index is 1.79. The predicted octanol–water partition coefficient (Wildman–Crippen LogP) is 5.67. The fourth-order valence-corrected chi connectivity index (χ4v) is 5.40. The molecule has 0 unspecified atom stereocenters. The first kappa shape index (κ1) is 19.0. The van der Waals surface area contributed by atoms with Gasteiger partial charge in [-0.15, -0.1) is 22.7 Å². The molecule has 0 fully saturated rings. The maximum Gasteiger partial charge on any atom is 0.175 e. The average molecular weight is 430 g/mol. The maximum atomic E-state index is 13.4. The zero-order chi connectivity index (χ0) is 19.7. The highest BCUT2D eigenvalue weighted by Crippen LogP contribution is 2.38. The van der Waals surface area contributed by atoms with Gasteiger partial charge in [0.1, 0.15) is 5.82 Å². The zero-order valence-corrected chi connectivity index (χ0v) is 17.4. The Kier molecular flexibility index (Phi) is 5.14. The van der Waals surface area contributed by atoms with Gasteiger partial charge < -0.3 is 0 Å². The van der Waals surface area contributed by atoms with E-state index >= 15 is 0 Å². The van der Waals surface area contributed by atoms with E-state index in [0.717, 1.165) is 33.1 Å². The number of nitrogens with zero attached hydrogens (tertiary/aromatic N) is 1. The molecule has 4 aromatic rings. The van der Waals surface area contributed by atoms with Gasteiger partial charge in [-0.25, -0.2) is 17.8 Å². The number of thiophene rings is 1. The van der Waals surface area contributed by atoms with E-state index in [9.17, 15) is 12.8 Å². The molecular formula is C21H16FNO2S3. The second-order valence-electron chi connectivity index (χ2n) is 6.34. The number of thiazole rings is 1. The summed E-state index contributed by atoms with van der Waals surface area (Å²) in [4.78, 5) is 7.26. The molecule has 2 aromatic heterocycles. The van der Waals surface area contributed by atoms with E-state index < -0.39 is 9.84 Å². The number of benzene rings is 2. The van der Waals surface area contributed by atoms with Crippen LogP contribution in [0.25, 0.3) is 21.7 Å². The molecule has 0 spiro atoms. The lowest BCUT2D eigenvalue weighted by Gasteiger charge is -2.04. The molecule has 0 N–H and O–H groups in total. The maximum absolute atomic E-state index is 13.4. The first-order chi connectivity index (χ1) is 13.4. The van der Waals surface area contributed by atoms with Crippen LogP contribution in [0, 0.1) is 5.82 Å². The highest BCUT2D eigenvalue weighted by molar-refractivity contribution is 7.90. The molecule has 142 valence electrons. The van der Waals surface area contributed by atoms with Crippen LogP contribution in [0.4, 0.5) is 4.39 Å². The number of halogens is 1. The second kappa shape index (κ2) is 7.58. The Bertz CT molecular complexity index is 1190. The van der Waals surface area contributed by atoms with Crippen LogP contribution in [0.3, 0.4) is 0 Å². The summed E-state index contributed by atoms with van der Waals surface area (Å²) in [5, 5.41) is 3.00. The number of aromatic nitrogens is 1. The van der Waals surface area contributed by atoms with Crippen molar-refractivity contribution in [3.8, 4) is 21.7 Å². The van der Waals surface area contributed by atoms with E-state index in [1.54, 1.807) is 59.1 Å². The summed E-state index contributed by atoms with van der Waals surface area (Å²) in [6.45, 7) is 0. The minimum Gasteiger partial charge on any atom is -0.240 e. The number of hydrogen-bond acceptors (Lipinski definition) is 5. The molecule has 3 nitrogen and oxygen atoms in total. The number of sulfone groups is 1. The van der Waals surface area contributed by atoms with E-state index in [2.05, 4.69) is 6.07 Å². The van der Waals surface area contributed by atoms with Gasteiger partial charge in [-0.05, 0) is 53.4 Å². The largest absolute Gasteiger partial charge is 0.240 e. The predicted molar refractivity (Wildman–Crippen MR) is 113 cm³/mol. The highest BCUT2D eigenvalue weighted by Gasteiger charge is 2.17. The Morgan fingerprint density at radius 1 is 0.964 bits per heavy atom. The molecule has 4 rings (SSSR count). The van der Waals surface area contributed by atoms with Crippen molar-refractivity contribution >= 4 is 32.5 Å². The average Bonchev–Trinajstić information content (AvgIpc) is 3.32. The van der Waals surface area contributed by atoms with Crippen molar-refractivity contribution in [3.63, 3.8) is 0 Å². The topological polar surface area (TPSA) is 47.0 Å². The van der Waals surface area contributed by atoms with Crippen LogP contribution in [0.2, 0.25) is 0 Å². The Labute approximate surface area is 171 Å². The van der Waals surface area contributed by atoms with Gasteiger partial charge in [0, 0.05) is 23.1 Å². The second-order valence-corrected chi connectivity index (χ2v) is 10.5. The Morgan fingerprint density at radius 2 is 1.64 bits per heavy atom. The fraction of sp³-hybridized carbons (Fsp3) is 0.0952. The smallest absolute Gasteiger partial charge is 0.175 e. The van der Waals surface area contributed by atoms with Crippen molar-refractivity contribution in [3.05, 3.63) is 81.7 Å². The quantitative estimate of drug-likeness (QED) is 0.410. The molecule has 0 aliphatic heterocycles. The summed E-state index contributed by atoms with van der Waals surface area (Å²) < 4.78 is 36.8. The first-order valence-electron chi connectivity index (χ1n) is 8.49. The van der Waals surface area contributed by atoms with E-state index in [1.165, 1.54) is 23.3 Å². The van der Waals surface area contributed by atoms with Crippen LogP contribution in [0.5, 0.6) is 0 Å². The summed E-state index contributed by atoms with van der Waals surface area (Å²) in [7, 11) is -3.25. The molecule has 0 radical (unpaired) electrons. The molecule has 0 aliphatic carbocycles. The monoisotopic (exact) mass is 429 g/mol. The van der Waals surface area contributed by atoms with Crippen LogP contribution in [0.1, 0.15) is 9.88 Å². The highest BCUT2D eigenvalue weighted by atomic mass is 32.2. The van der Waals surface area contributed by atoms with Gasteiger partial charge >= 0.3 is 0 Å². The van der Waals surface area contributed by atoms with Crippen LogP contribution in [-0.4, -0.2) is 19.7 Å². The van der Waals surface area contributed by atoms with E-state index in [4.69, 9.17) is 4.98 Å². The third-order valence-corrected chi connectivity index (χ3v) is 7.35. The minimum absolute atomic E-state index is 0.280. The van der Waals surface area contributed by atoms with Gasteiger partial charge in [0.05, 0.1) is 20.5 Å². The summed E-state index contributed by atoms with van der Waals surface area (Å²) in [5.41, 5.74) is 2.50. The van der Waals surface area contributed by atoms with Crippen molar-refractivity contribution in [2.45, 2.75) is 11.3 Å². The van der Waals surface area contributed by atoms with Crippen molar-refractivity contribution in [2.75, 3.05) is 6.26 Å². The minimum atomic E-state index is -3.25. The molecule has 0 amide bonds. The summed E-state index contributed by atoms with van der Waals surface area (Å²) >= 11 is 3.26. The van der Waals surface area contributed by atoms with Crippen molar-refractivity contribution in [1.82, 2.24) is 4.98 Å². The van der Waals surface area contributed by atoms with Crippen molar-refractivity contribution < 1.29 is 12.8 Å². The molecule has 0 saturated carbocycles. The van der Waals surface area contributed by atoms with Gasteiger partial charge in [-0.2, -0.15) is 0 Å². The molecular weight excluding hydrogens is 413 g/mol. The Morgan fingerprint density at radius 3 is 2.25 bits per heavy atom. The molecule has 0 aliphatic rings. The SMILES string of the molecule is CS(=O)(=O)c1ccc(-c2sc(Cc3cccs3)nc2-c2ccc(F)cc2)cc1. The number of hydrogen-bond donors (Lipinski definition) is 0. The van der Waals surface area contributed by atoms with Gasteiger partial charge in [0.25, 0.3) is 0 Å². The normalized spacial score (nSPS) is 11.6. The Hall–Kier alpha value is -2.35. The van der Waals surface area contributed by atoms with Gasteiger partial charge in [-0.3, -0.25) is 0 Å². The summed E-state index contributed by atoms with van der Waals surface area (Å²) in [5.74, 6) is -0.295. The van der Waals surface area contributed by atoms with Crippen LogP contribution >= 0.6 is 22.7 Å². The fourth-order valence-electron chi connectivity index (χ4n) is 2.85. The molecule has 7 heteroatoms. The molecule has 28 heavy (non-hydrogen) atoms. The van der Waals surface area contributed by atoms with Gasteiger partial charge in [0.15, 0.2) is 9.84 Å². The van der Waals surface area contributed by atoms with E-state index in [-0.39, 0.29) is 10.7 Å². The van der Waals surface area contributed by atoms with Crippen LogP contribution in [-0.2, 0) is 16.3 Å². The van der Waals surface area contributed by atoms with Crippen LogP contribution in [0.15, 0.2) is 70.9 Å². The zero-order valence-electron chi connectivity index (χ0n) is 14.9. The van der Waals surface area contributed by atoms with E-state index in [0.29, 0.717) is 0 Å². The van der Waals surface area contributed by atoms with Crippen molar-refractivity contribution in [2.24, 2.45) is 0 Å². The van der Waals surface area contributed by atoms with Crippen LogP contribution < -0.4 is 0 Å². The lowest BCUT2D eigenvalue weighted by Crippen LogP contribution is -1.96. The summed E-state index contributed by atoms with van der Waals surface area (Å²) in [6, 6.07) is 17.2. The molecule has 2 aromatic carbocycles. The third-order valence-electron chi connectivity index (χ3n) is 4.24. The number of rotatable bonds is 5. The molecule has 0 saturated heterocycles. The van der Waals surface area contributed by atoms with Gasteiger partial charge in [-0.1, -0.05) is 18.2 Å². The van der Waals surface area contributed by atoms with Crippen molar-refractivity contribution in [1.29, 1.82) is 0 Å². The molecule has 0 atom stereocenters. The molecule has 2 heterocycles. The lowest BCUT2D eigenvalue weighted by molar-refractivity contribution is 0.602. The standard InChI is InChI=1S/C21H16FNO2S3/c1-28(24,25)18-10-6-15(7-11-18)21-20(14-4-8-16(22)9-5-14)23-19(27-21)13-17-3-2-12-26-17/h2-12H,13H2,1H3. The molecule has 0 bridgehead atoms. The lowest BCUT2D eigenvalue weighted by atomic mass is 10.1. The van der Waals surface area contributed by atoms with E-state index in [1.807, 2.05) is 11.4 Å². The summed E-state index contributed by atoms with van der Waals surface area (Å²) in [6.07, 6.45) is 1.93. The third kappa shape index (κ3) is 4.06.